The number of nitrogens with two attached hydrogens (primary N) is 1. The van der Waals surface area contributed by atoms with Gasteiger partial charge in [0.15, 0.2) is 11.9 Å². The maximum atomic E-state index is 6.67. The first-order valence-corrected chi connectivity index (χ1v) is 12.8. The largest absolute Gasteiger partial charge is 0.370 e. The molecule has 0 saturated heterocycles. The number of nitrogens with zero attached hydrogens (tertiary/aromatic N) is 5. The Labute approximate surface area is 227 Å². The van der Waals surface area contributed by atoms with E-state index in [2.05, 4.69) is 41.2 Å². The lowest BCUT2D eigenvalue weighted by molar-refractivity contribution is 0.578. The maximum Gasteiger partial charge on any atom is 0.202 e. The van der Waals surface area contributed by atoms with Gasteiger partial charge in [-0.3, -0.25) is 10.6 Å². The molecule has 4 rings (SSSR count). The first kappa shape index (κ1) is 26.6. The minimum Gasteiger partial charge on any atom is -0.370 e. The molecule has 37 heavy (non-hydrogen) atoms. The van der Waals surface area contributed by atoms with E-state index in [-0.39, 0.29) is 12.3 Å². The van der Waals surface area contributed by atoms with Crippen LogP contribution < -0.4 is 27.0 Å². The Kier molecular flexibility index (Phi) is 8.40. The van der Waals surface area contributed by atoms with Gasteiger partial charge in [0.25, 0.3) is 0 Å². The average Bonchev–Trinajstić information content (AvgIpc) is 2.83. The standard InChI is InChI=1S/C25H32Cl2N10/c1-14-31-22(28)35-24(32-14)30-13-16-5-8-20(26)19(11-16)18-7-6-17(21(27)12-18)9-10-29-23-33-15(2)34-25(36-23)37(3)4/h5-8,11-12,14-15H,9-10,13H2,1-4H3,(H2,29,33,34,36)(H4,28,30,31,32,35). The molecule has 0 aromatic heterocycles. The summed E-state index contributed by atoms with van der Waals surface area (Å²) in [4.78, 5) is 19.4. The van der Waals surface area contributed by atoms with Gasteiger partial charge in [-0.15, -0.1) is 0 Å². The molecular formula is C25H32Cl2N10. The molecule has 2 aliphatic heterocycles. The Hall–Kier alpha value is -3.50. The van der Waals surface area contributed by atoms with E-state index in [0.717, 1.165) is 34.6 Å². The van der Waals surface area contributed by atoms with Crippen molar-refractivity contribution in [3.8, 4) is 11.1 Å². The van der Waals surface area contributed by atoms with Crippen LogP contribution in [0.25, 0.3) is 11.1 Å². The molecule has 2 atom stereocenters. The summed E-state index contributed by atoms with van der Waals surface area (Å²) in [6.07, 6.45) is 0.378. The van der Waals surface area contributed by atoms with E-state index in [0.29, 0.717) is 41.0 Å². The fourth-order valence-corrected chi connectivity index (χ4v) is 4.40. The summed E-state index contributed by atoms with van der Waals surface area (Å²) >= 11 is 13.2. The molecule has 2 unspecified atom stereocenters. The summed E-state index contributed by atoms with van der Waals surface area (Å²) in [5.41, 5.74) is 9.72. The Balaban J connectivity index is 1.38. The zero-order chi connectivity index (χ0) is 26.5. The predicted molar refractivity (Wildman–Crippen MR) is 153 cm³/mol. The summed E-state index contributed by atoms with van der Waals surface area (Å²) in [7, 11) is 3.88. The smallest absolute Gasteiger partial charge is 0.202 e. The first-order valence-electron chi connectivity index (χ1n) is 12.0. The van der Waals surface area contributed by atoms with Crippen LogP contribution in [-0.4, -0.2) is 61.7 Å². The van der Waals surface area contributed by atoms with Crippen molar-refractivity contribution in [2.24, 2.45) is 25.7 Å². The number of guanidine groups is 4. The molecule has 2 heterocycles. The number of rotatable bonds is 6. The van der Waals surface area contributed by atoms with Crippen molar-refractivity contribution in [3.05, 3.63) is 57.6 Å². The summed E-state index contributed by atoms with van der Waals surface area (Å²) in [6, 6.07) is 11.9. The SMILES string of the molecule is CC1N=C(N)NC(NCc2ccc(Cl)c(-c3ccc(CCNC4=NC(C)N=C(N(C)C)N4)c(Cl)c3)c2)=N1. The first-order chi connectivity index (χ1) is 17.7. The Bertz CT molecular complexity index is 1270. The lowest BCUT2D eigenvalue weighted by Crippen LogP contribution is -2.49. The van der Waals surface area contributed by atoms with Gasteiger partial charge in [-0.05, 0) is 55.2 Å². The molecule has 6 N–H and O–H groups in total. The van der Waals surface area contributed by atoms with Crippen LogP contribution >= 0.6 is 23.2 Å². The normalized spacial score (nSPS) is 19.0. The van der Waals surface area contributed by atoms with Crippen LogP contribution in [-0.2, 0) is 13.0 Å². The van der Waals surface area contributed by atoms with Crippen molar-refractivity contribution in [3.63, 3.8) is 0 Å². The van der Waals surface area contributed by atoms with Crippen LogP contribution in [0.2, 0.25) is 10.0 Å². The van der Waals surface area contributed by atoms with Crippen molar-refractivity contribution < 1.29 is 0 Å². The van der Waals surface area contributed by atoms with Gasteiger partial charge in [-0.25, -0.2) is 20.0 Å². The van der Waals surface area contributed by atoms with E-state index in [1.54, 1.807) is 0 Å². The summed E-state index contributed by atoms with van der Waals surface area (Å²) in [5.74, 6) is 2.41. The second kappa shape index (κ2) is 11.7. The van der Waals surface area contributed by atoms with Gasteiger partial charge in [0.2, 0.25) is 11.9 Å². The molecule has 10 nitrogen and oxygen atoms in total. The topological polar surface area (TPSA) is 127 Å². The second-order valence-corrected chi connectivity index (χ2v) is 9.80. The highest BCUT2D eigenvalue weighted by molar-refractivity contribution is 6.34. The molecule has 0 fully saturated rings. The Morgan fingerprint density at radius 2 is 1.62 bits per heavy atom. The zero-order valence-electron chi connectivity index (χ0n) is 21.3. The predicted octanol–water partition coefficient (Wildman–Crippen LogP) is 2.72. The van der Waals surface area contributed by atoms with Gasteiger partial charge in [-0.2, -0.15) is 0 Å². The van der Waals surface area contributed by atoms with Crippen LogP contribution in [0.15, 0.2) is 56.4 Å². The van der Waals surface area contributed by atoms with Gasteiger partial charge in [0.1, 0.15) is 12.3 Å². The van der Waals surface area contributed by atoms with E-state index in [1.807, 2.05) is 69.2 Å². The van der Waals surface area contributed by atoms with E-state index in [9.17, 15) is 0 Å². The molecule has 12 heteroatoms. The average molecular weight is 544 g/mol. The van der Waals surface area contributed by atoms with E-state index < -0.39 is 0 Å². The highest BCUT2D eigenvalue weighted by Gasteiger charge is 2.15. The lowest BCUT2D eigenvalue weighted by atomic mass is 10.0. The summed E-state index contributed by atoms with van der Waals surface area (Å²) in [6.45, 7) is 5.04. The van der Waals surface area contributed by atoms with Gasteiger partial charge in [0.05, 0.1) is 0 Å². The third-order valence-electron chi connectivity index (χ3n) is 5.71. The Morgan fingerprint density at radius 3 is 2.32 bits per heavy atom. The van der Waals surface area contributed by atoms with Crippen molar-refractivity contribution >= 4 is 47.0 Å². The molecule has 0 bridgehead atoms. The fourth-order valence-electron chi connectivity index (χ4n) is 3.90. The molecular weight excluding hydrogens is 511 g/mol. The number of halogens is 2. The molecule has 0 radical (unpaired) electrons. The van der Waals surface area contributed by atoms with Crippen molar-refractivity contribution in [2.75, 3.05) is 20.6 Å². The van der Waals surface area contributed by atoms with Crippen molar-refractivity contribution in [2.45, 2.75) is 39.1 Å². The van der Waals surface area contributed by atoms with E-state index >= 15 is 0 Å². The zero-order valence-corrected chi connectivity index (χ0v) is 22.8. The van der Waals surface area contributed by atoms with Crippen molar-refractivity contribution in [1.29, 1.82) is 0 Å². The van der Waals surface area contributed by atoms with Crippen LogP contribution in [0.1, 0.15) is 25.0 Å². The molecule has 2 aromatic rings. The van der Waals surface area contributed by atoms with Gasteiger partial charge in [-0.1, -0.05) is 41.4 Å². The number of hydrogen-bond acceptors (Lipinski definition) is 10. The highest BCUT2D eigenvalue weighted by atomic mass is 35.5. The monoisotopic (exact) mass is 542 g/mol. The quantitative estimate of drug-likeness (QED) is 0.382. The minimum atomic E-state index is -0.222. The van der Waals surface area contributed by atoms with E-state index in [1.165, 1.54) is 0 Å². The number of benzene rings is 2. The summed E-state index contributed by atoms with van der Waals surface area (Å²) < 4.78 is 0. The van der Waals surface area contributed by atoms with Gasteiger partial charge < -0.3 is 21.3 Å². The summed E-state index contributed by atoms with van der Waals surface area (Å²) in [5, 5.41) is 14.1. The molecule has 0 aliphatic carbocycles. The van der Waals surface area contributed by atoms with Gasteiger partial charge >= 0.3 is 0 Å². The van der Waals surface area contributed by atoms with Crippen LogP contribution in [0.3, 0.4) is 0 Å². The molecule has 0 saturated carbocycles. The minimum absolute atomic E-state index is 0.137. The molecule has 0 amide bonds. The molecule has 0 spiro atoms. The molecule has 2 aliphatic rings. The fraction of sp³-hybridized carbons (Fsp3) is 0.360. The van der Waals surface area contributed by atoms with Crippen molar-refractivity contribution in [1.82, 2.24) is 26.2 Å². The van der Waals surface area contributed by atoms with Crippen LogP contribution in [0, 0.1) is 0 Å². The number of hydrogen-bond donors (Lipinski definition) is 5. The van der Waals surface area contributed by atoms with E-state index in [4.69, 9.17) is 28.9 Å². The second-order valence-electron chi connectivity index (χ2n) is 8.98. The van der Waals surface area contributed by atoms with Gasteiger partial charge in [0, 0.05) is 42.8 Å². The molecule has 2 aromatic carbocycles. The highest BCUT2D eigenvalue weighted by Crippen LogP contribution is 2.32. The lowest BCUT2D eigenvalue weighted by Gasteiger charge is -2.24. The molecule has 196 valence electrons. The third kappa shape index (κ3) is 7.05. The Morgan fingerprint density at radius 1 is 0.892 bits per heavy atom. The van der Waals surface area contributed by atoms with Crippen LogP contribution in [0.4, 0.5) is 0 Å². The number of nitrogens with one attached hydrogen (secondary N) is 4. The maximum absolute atomic E-state index is 6.67. The van der Waals surface area contributed by atoms with Crippen LogP contribution in [0.5, 0.6) is 0 Å². The third-order valence-corrected chi connectivity index (χ3v) is 6.39. The number of aliphatic imine (C=N–C) groups is 4.